The molecule has 3 N–H and O–H groups in total. The quantitative estimate of drug-likeness (QED) is 0.330. The van der Waals surface area contributed by atoms with Crippen molar-refractivity contribution in [1.29, 1.82) is 5.41 Å². The van der Waals surface area contributed by atoms with E-state index in [9.17, 15) is 4.79 Å². The molecule has 0 aromatic heterocycles. The number of quaternary nitrogens is 1. The number of rotatable bonds is 3. The average molecular weight is 241 g/mol. The highest BCUT2D eigenvalue weighted by molar-refractivity contribution is 5.97. The van der Waals surface area contributed by atoms with Gasteiger partial charge in [0.1, 0.15) is 12.3 Å². The van der Waals surface area contributed by atoms with Gasteiger partial charge >= 0.3 is 12.1 Å². The summed E-state index contributed by atoms with van der Waals surface area (Å²) in [6, 6.07) is 0. The molecule has 0 bridgehead atoms. The molecule has 7 nitrogen and oxygen atoms in total. The van der Waals surface area contributed by atoms with Crippen LogP contribution < -0.4 is 5.73 Å². The van der Waals surface area contributed by atoms with Crippen molar-refractivity contribution in [3.63, 3.8) is 0 Å². The molecule has 1 heterocycles. The number of nitrogens with one attached hydrogen (secondary N) is 1. The third kappa shape index (κ3) is 2.34. The zero-order chi connectivity index (χ0) is 13.1. The molecule has 0 aromatic carbocycles. The Bertz CT molecular complexity index is 402. The molecule has 94 valence electrons. The van der Waals surface area contributed by atoms with Crippen molar-refractivity contribution in [2.24, 2.45) is 10.8 Å². The molecule has 0 aliphatic carbocycles. The van der Waals surface area contributed by atoms with Crippen LogP contribution in [0.4, 0.5) is 4.79 Å². The van der Waals surface area contributed by atoms with E-state index in [1.165, 1.54) is 7.11 Å². The number of nitrogens with two attached hydrogens (primary N) is 1. The maximum Gasteiger partial charge on any atom is 0.556 e. The monoisotopic (exact) mass is 241 g/mol. The predicted octanol–water partition coefficient (Wildman–Crippen LogP) is 0.773. The van der Waals surface area contributed by atoms with Gasteiger partial charge in [-0.15, -0.1) is 0 Å². The highest BCUT2D eigenvalue weighted by Crippen LogP contribution is 2.25. The normalized spacial score (nSPS) is 23.0. The molecule has 0 saturated carbocycles. The first-order chi connectivity index (χ1) is 7.95. The molecule has 1 aliphatic heterocycles. The van der Waals surface area contributed by atoms with E-state index in [1.54, 1.807) is 19.9 Å². The Labute approximate surface area is 99.6 Å². The molecule has 7 heteroatoms. The summed E-state index contributed by atoms with van der Waals surface area (Å²) in [5, 5.41) is 11.6. The second-order valence-corrected chi connectivity index (χ2v) is 3.65. The fourth-order valence-corrected chi connectivity index (χ4v) is 1.57. The molecule has 1 amide bonds. The Morgan fingerprint density at radius 2 is 2.18 bits per heavy atom. The Balaban J connectivity index is 2.92. The highest BCUT2D eigenvalue weighted by atomic mass is 16.6. The van der Waals surface area contributed by atoms with Crippen LogP contribution in [-0.4, -0.2) is 42.7 Å². The zero-order valence-electron chi connectivity index (χ0n) is 10.2. The number of carbonyl (C=O) groups is 1. The first-order valence-corrected chi connectivity index (χ1v) is 5.10. The van der Waals surface area contributed by atoms with Crippen LogP contribution in [0, 0.1) is 5.41 Å². The molecule has 0 aromatic rings. The summed E-state index contributed by atoms with van der Waals surface area (Å²) in [6.07, 6.45) is 0.999. The summed E-state index contributed by atoms with van der Waals surface area (Å²) in [5.74, 6) is -0.391. The van der Waals surface area contributed by atoms with Gasteiger partial charge in [-0.25, -0.2) is 5.41 Å². The fraction of sp³-hybridized carbons (Fsp3) is 0.500. The Morgan fingerprint density at radius 3 is 2.59 bits per heavy atom. The lowest BCUT2D eigenvalue weighted by Gasteiger charge is -2.22. The minimum atomic E-state index is -0.727. The number of hydrogen-bond acceptors (Lipinski definition) is 5. The van der Waals surface area contributed by atoms with Gasteiger partial charge in [0.25, 0.3) is 0 Å². The lowest BCUT2D eigenvalue weighted by atomic mass is 10.3. The number of hydrogen-bond donors (Lipinski definition) is 2. The Morgan fingerprint density at radius 1 is 1.53 bits per heavy atom. The van der Waals surface area contributed by atoms with E-state index in [1.807, 2.05) is 0 Å². The fourth-order valence-electron chi connectivity index (χ4n) is 1.57. The minimum absolute atomic E-state index is 0.102. The van der Waals surface area contributed by atoms with Crippen molar-refractivity contribution >= 4 is 17.8 Å². The third-order valence-corrected chi connectivity index (χ3v) is 2.36. The summed E-state index contributed by atoms with van der Waals surface area (Å²) >= 11 is 0. The SMILES string of the molecule is COCCOC(=O)[N+]1(C(=N)N)N=C(C)C=C1C. The van der Waals surface area contributed by atoms with Crippen molar-refractivity contribution in [3.05, 3.63) is 11.8 Å². The van der Waals surface area contributed by atoms with Crippen LogP contribution in [0.1, 0.15) is 13.8 Å². The average Bonchev–Trinajstić information content (AvgIpc) is 2.55. The lowest BCUT2D eigenvalue weighted by molar-refractivity contribution is -0.732. The second-order valence-electron chi connectivity index (χ2n) is 3.65. The topological polar surface area (TPSA) is 97.8 Å². The largest absolute Gasteiger partial charge is 0.556 e. The minimum Gasteiger partial charge on any atom is -0.415 e. The summed E-state index contributed by atoms with van der Waals surface area (Å²) in [4.78, 5) is 12.0. The van der Waals surface area contributed by atoms with Crippen LogP contribution in [0.15, 0.2) is 16.9 Å². The smallest absolute Gasteiger partial charge is 0.415 e. The van der Waals surface area contributed by atoms with Crippen molar-refractivity contribution in [1.82, 2.24) is 0 Å². The molecule has 1 rings (SSSR count). The highest BCUT2D eigenvalue weighted by Gasteiger charge is 2.49. The van der Waals surface area contributed by atoms with E-state index in [0.29, 0.717) is 11.4 Å². The van der Waals surface area contributed by atoms with E-state index in [4.69, 9.17) is 20.6 Å². The van der Waals surface area contributed by atoms with E-state index in [2.05, 4.69) is 5.10 Å². The standard InChI is InChI=1S/C10H17N4O3/c1-7-6-8(2)14(13-7,9(11)12)10(15)17-5-4-16-3/h6H,4-5H2,1-3H3,(H3,11,12)/q+1. The van der Waals surface area contributed by atoms with E-state index in [0.717, 1.165) is 0 Å². The molecule has 0 radical (unpaired) electrons. The van der Waals surface area contributed by atoms with E-state index < -0.39 is 16.6 Å². The van der Waals surface area contributed by atoms with Crippen molar-refractivity contribution in [3.8, 4) is 0 Å². The molecule has 1 atom stereocenters. The van der Waals surface area contributed by atoms with Crippen LogP contribution in [0.2, 0.25) is 0 Å². The predicted molar refractivity (Wildman–Crippen MR) is 62.3 cm³/mol. The van der Waals surface area contributed by atoms with Gasteiger partial charge in [0.15, 0.2) is 5.70 Å². The third-order valence-electron chi connectivity index (χ3n) is 2.36. The number of ether oxygens (including phenoxy) is 2. The van der Waals surface area contributed by atoms with E-state index >= 15 is 0 Å². The maximum atomic E-state index is 12.0. The Kier molecular flexibility index (Phi) is 3.97. The van der Waals surface area contributed by atoms with Gasteiger partial charge in [0, 0.05) is 20.1 Å². The molecular weight excluding hydrogens is 224 g/mol. The number of guanidine groups is 1. The molecule has 1 aliphatic rings. The van der Waals surface area contributed by atoms with Gasteiger partial charge in [-0.2, -0.15) is 4.79 Å². The number of nitrogens with zero attached hydrogens (tertiary/aromatic N) is 2. The van der Waals surface area contributed by atoms with Crippen LogP contribution in [0.5, 0.6) is 0 Å². The van der Waals surface area contributed by atoms with Crippen LogP contribution >= 0.6 is 0 Å². The molecule has 0 spiro atoms. The van der Waals surface area contributed by atoms with Gasteiger partial charge < -0.3 is 15.2 Å². The first-order valence-electron chi connectivity index (χ1n) is 5.10. The summed E-state index contributed by atoms with van der Waals surface area (Å²) in [7, 11) is 1.51. The van der Waals surface area contributed by atoms with Crippen LogP contribution in [0.25, 0.3) is 0 Å². The molecular formula is C10H17N4O3+. The number of carbonyl (C=O) groups excluding carboxylic acids is 1. The number of methoxy groups -OCH3 is 1. The molecule has 1 unspecified atom stereocenters. The first kappa shape index (κ1) is 13.3. The summed E-state index contributed by atoms with van der Waals surface area (Å²) in [6.45, 7) is 3.80. The van der Waals surface area contributed by atoms with Gasteiger partial charge in [0.05, 0.1) is 6.61 Å². The molecule has 0 fully saturated rings. The van der Waals surface area contributed by atoms with Gasteiger partial charge in [0.2, 0.25) is 0 Å². The van der Waals surface area contributed by atoms with Gasteiger partial charge in [-0.1, -0.05) is 5.10 Å². The maximum absolute atomic E-state index is 12.0. The van der Waals surface area contributed by atoms with Gasteiger partial charge in [-0.3, -0.25) is 0 Å². The molecule has 17 heavy (non-hydrogen) atoms. The second kappa shape index (κ2) is 5.07. The van der Waals surface area contributed by atoms with Crippen molar-refractivity contribution < 1.29 is 18.9 Å². The summed E-state index contributed by atoms with van der Waals surface area (Å²) in [5.41, 5.74) is 6.63. The Hall–Kier alpha value is -1.73. The van der Waals surface area contributed by atoms with Crippen molar-refractivity contribution in [2.45, 2.75) is 13.8 Å². The number of allylic oxidation sites excluding steroid dienone is 2. The van der Waals surface area contributed by atoms with Crippen LogP contribution in [-0.2, 0) is 9.47 Å². The zero-order valence-corrected chi connectivity index (χ0v) is 10.2. The van der Waals surface area contributed by atoms with Crippen LogP contribution in [0.3, 0.4) is 0 Å². The summed E-state index contributed by atoms with van der Waals surface area (Å²) < 4.78 is 9.04. The van der Waals surface area contributed by atoms with E-state index in [-0.39, 0.29) is 13.2 Å². The molecule has 0 saturated heterocycles. The van der Waals surface area contributed by atoms with Crippen molar-refractivity contribution in [2.75, 3.05) is 20.3 Å². The lowest BCUT2D eigenvalue weighted by Crippen LogP contribution is -2.54. The van der Waals surface area contributed by atoms with Gasteiger partial charge in [-0.05, 0) is 11.5 Å². The number of amides is 1.